The largest absolute Gasteiger partial charge is 0.395 e. The van der Waals surface area contributed by atoms with Gasteiger partial charge in [0, 0.05) is 36.1 Å². The smallest absolute Gasteiger partial charge is 0.231 e. The molecule has 0 spiro atoms. The number of rotatable bonds is 5. The number of H-pyrrole nitrogens is 1. The van der Waals surface area contributed by atoms with E-state index >= 15 is 0 Å². The minimum atomic E-state index is -0.501. The number of anilines is 2. The Morgan fingerprint density at radius 1 is 1.25 bits per heavy atom. The van der Waals surface area contributed by atoms with Crippen LogP contribution in [0.15, 0.2) is 48.1 Å². The second-order valence-electron chi connectivity index (χ2n) is 8.63. The number of aliphatic hydroxyl groups is 1. The van der Waals surface area contributed by atoms with Crippen molar-refractivity contribution < 1.29 is 9.90 Å². The maximum Gasteiger partial charge on any atom is 0.231 e. The zero-order valence-corrected chi connectivity index (χ0v) is 18.3. The summed E-state index contributed by atoms with van der Waals surface area (Å²) in [6.07, 6.45) is 6.30. The number of pyridine rings is 1. The average molecular weight is 446 g/mol. The van der Waals surface area contributed by atoms with Gasteiger partial charge < -0.3 is 20.3 Å². The molecule has 4 heterocycles. The fraction of sp³-hybridized carbons (Fsp3) is 0.292. The van der Waals surface area contributed by atoms with Crippen molar-refractivity contribution in [3.05, 3.63) is 53.8 Å². The van der Waals surface area contributed by atoms with E-state index in [-0.39, 0.29) is 12.5 Å². The lowest BCUT2D eigenvalue weighted by Crippen LogP contribution is -2.41. The maximum atomic E-state index is 12.7. The first-order chi connectivity index (χ1) is 15.6. The zero-order chi connectivity index (χ0) is 21.7. The van der Waals surface area contributed by atoms with Gasteiger partial charge in [0.1, 0.15) is 5.65 Å². The van der Waals surface area contributed by atoms with Gasteiger partial charge in [0.2, 0.25) is 5.91 Å². The van der Waals surface area contributed by atoms with Crippen LogP contribution in [0.2, 0.25) is 0 Å². The molecule has 1 fully saturated rings. The molecule has 1 aliphatic carbocycles. The molecule has 0 atom stereocenters. The first kappa shape index (κ1) is 19.5. The van der Waals surface area contributed by atoms with E-state index < -0.39 is 5.41 Å². The van der Waals surface area contributed by atoms with Gasteiger partial charge in [-0.15, -0.1) is 11.3 Å². The monoisotopic (exact) mass is 445 g/mol. The fourth-order valence-electron chi connectivity index (χ4n) is 4.42. The Labute approximate surface area is 188 Å². The highest BCUT2D eigenvalue weighted by Crippen LogP contribution is 2.47. The Morgan fingerprint density at radius 3 is 2.94 bits per heavy atom. The third-order valence-corrected chi connectivity index (χ3v) is 7.39. The topological polar surface area (TPSA) is 94.1 Å². The molecular formula is C24H23N5O2S. The number of aliphatic hydroxyl groups excluding tert-OH is 1. The first-order valence-electron chi connectivity index (χ1n) is 10.8. The van der Waals surface area contributed by atoms with Gasteiger partial charge in [-0.2, -0.15) is 0 Å². The number of benzene rings is 1. The number of hydrogen-bond acceptors (Lipinski definition) is 6. The van der Waals surface area contributed by atoms with E-state index in [1.807, 2.05) is 28.6 Å². The minimum absolute atomic E-state index is 0.0434. The highest BCUT2D eigenvalue weighted by atomic mass is 32.1. The van der Waals surface area contributed by atoms with E-state index in [2.05, 4.69) is 38.5 Å². The molecule has 1 saturated carbocycles. The molecule has 6 rings (SSSR count). The molecular weight excluding hydrogens is 422 g/mol. The van der Waals surface area contributed by atoms with Crippen LogP contribution >= 0.6 is 11.3 Å². The highest BCUT2D eigenvalue weighted by Gasteiger charge is 2.51. The van der Waals surface area contributed by atoms with Gasteiger partial charge in [-0.25, -0.2) is 9.97 Å². The lowest BCUT2D eigenvalue weighted by Gasteiger charge is -2.29. The van der Waals surface area contributed by atoms with Gasteiger partial charge in [-0.1, -0.05) is 6.08 Å². The Morgan fingerprint density at radius 2 is 2.16 bits per heavy atom. The predicted molar refractivity (Wildman–Crippen MR) is 127 cm³/mol. The van der Waals surface area contributed by atoms with Gasteiger partial charge in [0.15, 0.2) is 0 Å². The number of nitrogens with zero attached hydrogens (tertiary/aromatic N) is 3. The van der Waals surface area contributed by atoms with Crippen LogP contribution in [0.5, 0.6) is 0 Å². The summed E-state index contributed by atoms with van der Waals surface area (Å²) in [4.78, 5) is 26.9. The van der Waals surface area contributed by atoms with Crippen molar-refractivity contribution in [3.63, 3.8) is 0 Å². The van der Waals surface area contributed by atoms with Crippen LogP contribution < -0.4 is 5.32 Å². The second kappa shape index (κ2) is 7.43. The molecule has 162 valence electrons. The van der Waals surface area contributed by atoms with Crippen LogP contribution in [0.25, 0.3) is 26.8 Å². The Kier molecular flexibility index (Phi) is 4.51. The molecule has 4 aromatic rings. The number of fused-ring (bicyclic) bond motifs is 2. The quantitative estimate of drug-likeness (QED) is 0.426. The molecule has 0 radical (unpaired) electrons. The van der Waals surface area contributed by atoms with E-state index in [1.54, 1.807) is 17.5 Å². The average Bonchev–Trinajstić information content (AvgIpc) is 3.27. The van der Waals surface area contributed by atoms with Gasteiger partial charge >= 0.3 is 0 Å². The second-order valence-corrected chi connectivity index (χ2v) is 9.52. The van der Waals surface area contributed by atoms with Crippen LogP contribution in [0.4, 0.5) is 11.4 Å². The van der Waals surface area contributed by atoms with Gasteiger partial charge in [0.05, 0.1) is 33.4 Å². The number of aromatic amines is 1. The summed E-state index contributed by atoms with van der Waals surface area (Å²) in [6, 6.07) is 10.3. The molecule has 8 heteroatoms. The summed E-state index contributed by atoms with van der Waals surface area (Å²) in [5.41, 5.74) is 7.44. The molecule has 3 aromatic heterocycles. The zero-order valence-electron chi connectivity index (χ0n) is 17.5. The molecule has 3 N–H and O–H groups in total. The number of amides is 1. The number of carbonyl (C=O) groups excluding carboxylic acids is 1. The maximum absolute atomic E-state index is 12.7. The normalized spacial score (nSPS) is 17.5. The van der Waals surface area contributed by atoms with Gasteiger partial charge in [-0.05, 0) is 55.2 Å². The molecule has 7 nitrogen and oxygen atoms in total. The van der Waals surface area contributed by atoms with Crippen molar-refractivity contribution in [2.24, 2.45) is 5.41 Å². The first-order valence-corrected chi connectivity index (χ1v) is 11.7. The third kappa shape index (κ3) is 3.27. The summed E-state index contributed by atoms with van der Waals surface area (Å²) in [5.74, 6) is 0.0954. The lowest BCUT2D eigenvalue weighted by molar-refractivity contribution is -0.138. The molecule has 32 heavy (non-hydrogen) atoms. The van der Waals surface area contributed by atoms with Crippen molar-refractivity contribution in [3.8, 4) is 0 Å². The molecule has 0 saturated heterocycles. The van der Waals surface area contributed by atoms with Crippen molar-refractivity contribution in [2.75, 3.05) is 25.0 Å². The summed E-state index contributed by atoms with van der Waals surface area (Å²) >= 11 is 1.63. The highest BCUT2D eigenvalue weighted by molar-refractivity contribution is 7.16. The number of carbonyl (C=O) groups is 1. The summed E-state index contributed by atoms with van der Waals surface area (Å²) in [6.45, 7) is 1.21. The molecule has 0 unspecified atom stereocenters. The van der Waals surface area contributed by atoms with Crippen LogP contribution in [0, 0.1) is 5.41 Å². The fourth-order valence-corrected chi connectivity index (χ4v) is 5.14. The molecule has 2 aliphatic rings. The van der Waals surface area contributed by atoms with Crippen LogP contribution in [0.3, 0.4) is 0 Å². The van der Waals surface area contributed by atoms with Crippen molar-refractivity contribution in [1.82, 2.24) is 19.9 Å². The van der Waals surface area contributed by atoms with E-state index in [4.69, 9.17) is 0 Å². The van der Waals surface area contributed by atoms with Crippen LogP contribution in [-0.2, 0) is 4.79 Å². The summed E-state index contributed by atoms with van der Waals surface area (Å²) in [7, 11) is 0. The van der Waals surface area contributed by atoms with Gasteiger partial charge in [0.25, 0.3) is 0 Å². The van der Waals surface area contributed by atoms with Crippen molar-refractivity contribution in [1.29, 1.82) is 0 Å². The molecule has 1 aromatic carbocycles. The lowest BCUT2D eigenvalue weighted by atomic mass is 10.0. The van der Waals surface area contributed by atoms with Crippen LogP contribution in [-0.4, -0.2) is 50.6 Å². The molecule has 1 aliphatic heterocycles. The number of nitrogens with one attached hydrogen (secondary N) is 2. The number of thiazole rings is 1. The standard InChI is InChI=1S/C24H23N5O2S/c30-13-24(6-7-24)23(31)29-9-4-15(5-10-29)20-12-17-18(3-8-25-22(17)28-20)27-16-1-2-19-21(11-16)32-14-26-19/h1-4,8,11-12,14,30H,5-7,9-10,13H2,(H2,25,27,28). The van der Waals surface area contributed by atoms with E-state index in [0.717, 1.165) is 57.6 Å². The van der Waals surface area contributed by atoms with Gasteiger partial charge in [-0.3, -0.25) is 4.79 Å². The SMILES string of the molecule is O=C(N1CC=C(c2cc3c(Nc4ccc5ncsc5c4)ccnc3[nH]2)CC1)C1(CO)CC1. The third-order valence-electron chi connectivity index (χ3n) is 6.59. The van der Waals surface area contributed by atoms with Crippen molar-refractivity contribution >= 4 is 55.4 Å². The Bertz CT molecular complexity index is 1370. The number of aromatic nitrogens is 3. The Hall–Kier alpha value is -3.23. The Balaban J connectivity index is 1.25. The summed E-state index contributed by atoms with van der Waals surface area (Å²) < 4.78 is 1.15. The molecule has 0 bridgehead atoms. The van der Waals surface area contributed by atoms with E-state index in [1.165, 1.54) is 5.57 Å². The van der Waals surface area contributed by atoms with E-state index in [0.29, 0.717) is 13.1 Å². The van der Waals surface area contributed by atoms with Crippen molar-refractivity contribution in [2.45, 2.75) is 19.3 Å². The number of hydrogen-bond donors (Lipinski definition) is 3. The van der Waals surface area contributed by atoms with E-state index in [9.17, 15) is 9.90 Å². The predicted octanol–water partition coefficient (Wildman–Crippen LogP) is 4.30. The summed E-state index contributed by atoms with van der Waals surface area (Å²) in [5, 5.41) is 14.1. The van der Waals surface area contributed by atoms with Crippen LogP contribution in [0.1, 0.15) is 25.0 Å². The minimum Gasteiger partial charge on any atom is -0.395 e. The molecule has 1 amide bonds.